The Labute approximate surface area is 124 Å². The van der Waals surface area contributed by atoms with Crippen LogP contribution in [0.15, 0.2) is 0 Å². The predicted octanol–water partition coefficient (Wildman–Crippen LogP) is 0.388. The summed E-state index contributed by atoms with van der Waals surface area (Å²) in [6.07, 6.45) is 11.7. The molecule has 0 heterocycles. The molecule has 0 bridgehead atoms. The van der Waals surface area contributed by atoms with Crippen molar-refractivity contribution < 1.29 is 36.0 Å². The molecule has 0 aliphatic rings. The summed E-state index contributed by atoms with van der Waals surface area (Å²) in [5.41, 5.74) is 0. The van der Waals surface area contributed by atoms with Gasteiger partial charge in [0.2, 0.25) is 10.4 Å². The molecule has 18 heavy (non-hydrogen) atoms. The topological polar surface area (TPSA) is 66.4 Å². The van der Waals surface area contributed by atoms with E-state index < -0.39 is 10.4 Å². The molecule has 0 N–H and O–H groups in total. The molecule has 0 amide bonds. The van der Waals surface area contributed by atoms with Gasteiger partial charge in [0.1, 0.15) is 0 Å². The van der Waals surface area contributed by atoms with E-state index in [0.717, 1.165) is 12.8 Å². The molecule has 104 valence electrons. The van der Waals surface area contributed by atoms with Crippen molar-refractivity contribution >= 4 is 10.4 Å². The second-order valence-electron chi connectivity index (χ2n) is 4.41. The first-order valence-corrected chi connectivity index (χ1v) is 8.00. The summed E-state index contributed by atoms with van der Waals surface area (Å²) in [7, 11) is -4.48. The fourth-order valence-corrected chi connectivity index (χ4v) is 2.07. The van der Waals surface area contributed by atoms with Gasteiger partial charge in [-0.15, -0.1) is 0 Å². The maximum absolute atomic E-state index is 10.1. The average Bonchev–Trinajstić information content (AvgIpc) is 2.24. The number of unbranched alkanes of at least 4 members (excludes halogenated alkanes) is 9. The maximum Gasteiger partial charge on any atom is 1.00 e. The summed E-state index contributed by atoms with van der Waals surface area (Å²) in [5, 5.41) is 0. The Balaban J connectivity index is 0. The van der Waals surface area contributed by atoms with Gasteiger partial charge in [-0.2, -0.15) is 0 Å². The minimum absolute atomic E-state index is 0. The van der Waals surface area contributed by atoms with Crippen LogP contribution in [0.5, 0.6) is 0 Å². The second kappa shape index (κ2) is 13.9. The monoisotopic (exact) mass is 272 g/mol. The van der Waals surface area contributed by atoms with Crippen molar-refractivity contribution in [1.29, 1.82) is 0 Å². The molecule has 0 saturated heterocycles. The largest absolute Gasteiger partial charge is 1.00 e. The maximum atomic E-state index is 10.1. The summed E-state index contributed by atoms with van der Waals surface area (Å²) in [6.45, 7) is 2.24. The van der Waals surface area contributed by atoms with Gasteiger partial charge in [-0.25, -0.2) is 8.42 Å². The first kappa shape index (κ1) is 20.8. The van der Waals surface area contributed by atoms with Crippen LogP contribution in [-0.2, 0) is 14.6 Å². The van der Waals surface area contributed by atoms with Gasteiger partial charge in [0.15, 0.2) is 0 Å². The smallest absolute Gasteiger partial charge is 0.726 e. The molecule has 0 spiro atoms. The third-order valence-corrected chi connectivity index (χ3v) is 3.18. The summed E-state index contributed by atoms with van der Waals surface area (Å²) < 4.78 is 34.5. The molecule has 0 aliphatic carbocycles. The first-order valence-electron chi connectivity index (χ1n) is 6.66. The van der Waals surface area contributed by atoms with Crippen molar-refractivity contribution in [3.8, 4) is 0 Å². The zero-order chi connectivity index (χ0) is 13.0. The van der Waals surface area contributed by atoms with Crippen molar-refractivity contribution in [1.82, 2.24) is 0 Å². The first-order chi connectivity index (χ1) is 8.06. The van der Waals surface area contributed by atoms with Crippen LogP contribution in [0, 0.1) is 0 Å². The Bertz CT molecular complexity index is 255. The number of hydrogen-bond donors (Lipinski definition) is 0. The van der Waals surface area contributed by atoms with Crippen LogP contribution >= 0.6 is 0 Å². The molecular formula is C12H25LiO4S. The van der Waals surface area contributed by atoms with E-state index in [1.54, 1.807) is 0 Å². The van der Waals surface area contributed by atoms with E-state index in [9.17, 15) is 13.0 Å². The third-order valence-electron chi connectivity index (χ3n) is 2.73. The van der Waals surface area contributed by atoms with Crippen molar-refractivity contribution in [3.05, 3.63) is 0 Å². The standard InChI is InChI=1S/C12H26O4S.Li/c1-2-3-4-5-6-7-8-9-10-11-12-16-17(13,14)15;/h2-12H2,1H3,(H,13,14,15);/q;+1/p-1. The Morgan fingerprint density at radius 2 is 1.22 bits per heavy atom. The van der Waals surface area contributed by atoms with Crippen LogP contribution in [0.1, 0.15) is 71.1 Å². The summed E-state index contributed by atoms with van der Waals surface area (Å²) >= 11 is 0. The van der Waals surface area contributed by atoms with Gasteiger partial charge >= 0.3 is 18.9 Å². The Hall–Kier alpha value is 0.467. The van der Waals surface area contributed by atoms with E-state index in [-0.39, 0.29) is 25.5 Å². The molecule has 4 nitrogen and oxygen atoms in total. The molecule has 0 fully saturated rings. The third kappa shape index (κ3) is 18.8. The fraction of sp³-hybridized carbons (Fsp3) is 1.00. The summed E-state index contributed by atoms with van der Waals surface area (Å²) in [5.74, 6) is 0. The van der Waals surface area contributed by atoms with Crippen LogP contribution in [-0.4, -0.2) is 19.6 Å². The van der Waals surface area contributed by atoms with E-state index in [1.807, 2.05) is 0 Å². The van der Waals surface area contributed by atoms with E-state index in [1.165, 1.54) is 44.9 Å². The average molecular weight is 272 g/mol. The Morgan fingerprint density at radius 1 is 0.833 bits per heavy atom. The summed E-state index contributed by atoms with van der Waals surface area (Å²) in [6, 6.07) is 0. The molecule has 0 aromatic heterocycles. The number of rotatable bonds is 12. The molecule has 0 unspecified atom stereocenters. The second-order valence-corrected chi connectivity index (χ2v) is 5.46. The van der Waals surface area contributed by atoms with Gasteiger partial charge in [-0.3, -0.25) is 4.18 Å². The molecule has 0 atom stereocenters. The Morgan fingerprint density at radius 3 is 1.61 bits per heavy atom. The molecule has 0 radical (unpaired) electrons. The molecule has 6 heteroatoms. The minimum atomic E-state index is -4.48. The van der Waals surface area contributed by atoms with Gasteiger partial charge < -0.3 is 4.55 Å². The van der Waals surface area contributed by atoms with Crippen molar-refractivity contribution in [2.75, 3.05) is 6.61 Å². The summed E-state index contributed by atoms with van der Waals surface area (Å²) in [4.78, 5) is 0. The quantitative estimate of drug-likeness (QED) is 0.223. The molecule has 0 aromatic rings. The molecule has 0 rings (SSSR count). The fourth-order valence-electron chi connectivity index (χ4n) is 1.75. The van der Waals surface area contributed by atoms with Crippen LogP contribution in [0.3, 0.4) is 0 Å². The zero-order valence-corrected chi connectivity index (χ0v) is 12.6. The van der Waals surface area contributed by atoms with Crippen molar-refractivity contribution in [2.24, 2.45) is 0 Å². The van der Waals surface area contributed by atoms with E-state index in [0.29, 0.717) is 6.42 Å². The van der Waals surface area contributed by atoms with Gasteiger partial charge in [0.25, 0.3) is 0 Å². The van der Waals surface area contributed by atoms with Crippen LogP contribution in [0.2, 0.25) is 0 Å². The minimum Gasteiger partial charge on any atom is -0.726 e. The van der Waals surface area contributed by atoms with Gasteiger partial charge in [0.05, 0.1) is 6.61 Å². The van der Waals surface area contributed by atoms with Crippen molar-refractivity contribution in [3.63, 3.8) is 0 Å². The van der Waals surface area contributed by atoms with E-state index in [4.69, 9.17) is 0 Å². The van der Waals surface area contributed by atoms with Crippen LogP contribution < -0.4 is 18.9 Å². The van der Waals surface area contributed by atoms with Gasteiger partial charge in [0, 0.05) is 0 Å². The van der Waals surface area contributed by atoms with Crippen molar-refractivity contribution in [2.45, 2.75) is 71.1 Å². The number of hydrogen-bond acceptors (Lipinski definition) is 4. The van der Waals surface area contributed by atoms with E-state index in [2.05, 4.69) is 11.1 Å². The molecule has 0 aromatic carbocycles. The van der Waals surface area contributed by atoms with Gasteiger partial charge in [-0.05, 0) is 6.42 Å². The van der Waals surface area contributed by atoms with Crippen LogP contribution in [0.4, 0.5) is 0 Å². The Kier molecular flexibility index (Phi) is 16.0. The SMILES string of the molecule is CCCCCCCCCCCCOS(=O)(=O)[O-].[Li+]. The normalized spacial score (nSPS) is 11.2. The predicted molar refractivity (Wildman–Crippen MR) is 67.5 cm³/mol. The van der Waals surface area contributed by atoms with Crippen LogP contribution in [0.25, 0.3) is 0 Å². The molecular weight excluding hydrogens is 247 g/mol. The van der Waals surface area contributed by atoms with E-state index >= 15 is 0 Å². The zero-order valence-electron chi connectivity index (χ0n) is 11.8. The molecule has 0 saturated carbocycles. The molecule has 0 aliphatic heterocycles. The van der Waals surface area contributed by atoms with Gasteiger partial charge in [-0.1, -0.05) is 64.7 Å².